The van der Waals surface area contributed by atoms with Gasteiger partial charge in [0.25, 0.3) is 5.91 Å². The van der Waals surface area contributed by atoms with Crippen LogP contribution in [0.25, 0.3) is 0 Å². The molecule has 1 saturated heterocycles. The van der Waals surface area contributed by atoms with E-state index in [9.17, 15) is 19.5 Å². The molecule has 0 aromatic heterocycles. The van der Waals surface area contributed by atoms with Crippen LogP contribution in [-0.2, 0) is 16.0 Å². The van der Waals surface area contributed by atoms with Gasteiger partial charge in [0, 0.05) is 6.54 Å². The zero-order valence-electron chi connectivity index (χ0n) is 15.3. The molecular weight excluding hydrogens is 334 g/mol. The van der Waals surface area contributed by atoms with E-state index >= 15 is 0 Å². The summed E-state index contributed by atoms with van der Waals surface area (Å²) >= 11 is 0. The van der Waals surface area contributed by atoms with Crippen molar-refractivity contribution in [2.75, 3.05) is 13.2 Å². The van der Waals surface area contributed by atoms with Crippen molar-refractivity contribution in [1.29, 1.82) is 0 Å². The number of aliphatic hydroxyl groups excluding tert-OH is 1. The number of carbonyl (C=O) groups is 3. The quantitative estimate of drug-likeness (QED) is 0.573. The Hall–Kier alpha value is -2.41. The number of hydrogen-bond acceptors (Lipinski definition) is 4. The number of amides is 4. The van der Waals surface area contributed by atoms with Gasteiger partial charge in [-0.25, -0.2) is 4.79 Å². The van der Waals surface area contributed by atoms with Crippen LogP contribution in [0.2, 0.25) is 0 Å². The number of nitrogens with one attached hydrogen (secondary N) is 2. The summed E-state index contributed by atoms with van der Waals surface area (Å²) in [5.74, 6) is -0.613. The largest absolute Gasteiger partial charge is 0.394 e. The van der Waals surface area contributed by atoms with E-state index in [1.807, 2.05) is 44.2 Å². The van der Waals surface area contributed by atoms with E-state index in [0.29, 0.717) is 6.42 Å². The van der Waals surface area contributed by atoms with Crippen LogP contribution in [0, 0.1) is 5.92 Å². The van der Waals surface area contributed by atoms with E-state index in [2.05, 4.69) is 10.6 Å². The van der Waals surface area contributed by atoms with Gasteiger partial charge < -0.3 is 15.7 Å². The molecule has 3 atom stereocenters. The number of urea groups is 1. The van der Waals surface area contributed by atoms with Crippen molar-refractivity contribution in [3.05, 3.63) is 35.9 Å². The Morgan fingerprint density at radius 2 is 2.00 bits per heavy atom. The third-order valence-corrected chi connectivity index (χ3v) is 4.84. The summed E-state index contributed by atoms with van der Waals surface area (Å²) in [5.41, 5.74) is 1.04. The van der Waals surface area contributed by atoms with Crippen molar-refractivity contribution >= 4 is 17.8 Å². The number of imide groups is 1. The average molecular weight is 361 g/mol. The van der Waals surface area contributed by atoms with Crippen molar-refractivity contribution in [3.63, 3.8) is 0 Å². The number of rotatable bonds is 9. The van der Waals surface area contributed by atoms with Gasteiger partial charge in [0.05, 0.1) is 19.1 Å². The molecule has 3 unspecified atom stereocenters. The first kappa shape index (κ1) is 19.9. The Labute approximate surface area is 153 Å². The summed E-state index contributed by atoms with van der Waals surface area (Å²) in [6.07, 6.45) is 1.26. The number of aliphatic hydroxyl groups is 1. The van der Waals surface area contributed by atoms with Crippen LogP contribution in [0.1, 0.15) is 32.3 Å². The first-order chi connectivity index (χ1) is 12.5. The minimum Gasteiger partial charge on any atom is -0.394 e. The summed E-state index contributed by atoms with van der Waals surface area (Å²) in [7, 11) is 0. The molecule has 0 aliphatic carbocycles. The second-order valence-corrected chi connectivity index (χ2v) is 6.67. The number of carbonyl (C=O) groups excluding carboxylic acids is 3. The van der Waals surface area contributed by atoms with Crippen molar-refractivity contribution in [3.8, 4) is 0 Å². The highest BCUT2D eigenvalue weighted by molar-refractivity contribution is 6.05. The molecule has 142 valence electrons. The molecule has 0 bridgehead atoms. The maximum absolute atomic E-state index is 12.4. The van der Waals surface area contributed by atoms with E-state index in [0.717, 1.165) is 16.9 Å². The van der Waals surface area contributed by atoms with Gasteiger partial charge in [-0.1, -0.05) is 50.6 Å². The van der Waals surface area contributed by atoms with Crippen molar-refractivity contribution in [1.82, 2.24) is 15.5 Å². The zero-order chi connectivity index (χ0) is 19.1. The molecular formula is C19H27N3O4. The van der Waals surface area contributed by atoms with Gasteiger partial charge in [-0.15, -0.1) is 0 Å². The SMILES string of the molecule is CCC(C)C(CO)NC(=O)CC1NC(=O)N(CCc2ccccc2)C1=O. The second kappa shape index (κ2) is 9.33. The summed E-state index contributed by atoms with van der Waals surface area (Å²) in [6, 6.07) is 7.92. The van der Waals surface area contributed by atoms with Gasteiger partial charge in [-0.05, 0) is 17.9 Å². The Morgan fingerprint density at radius 1 is 1.31 bits per heavy atom. The molecule has 1 aromatic carbocycles. The van der Waals surface area contributed by atoms with Crippen molar-refractivity contribution < 1.29 is 19.5 Å². The van der Waals surface area contributed by atoms with E-state index in [-0.39, 0.29) is 43.3 Å². The van der Waals surface area contributed by atoms with E-state index in [4.69, 9.17) is 0 Å². The molecule has 1 aliphatic rings. The molecule has 0 spiro atoms. The molecule has 0 saturated carbocycles. The standard InChI is InChI=1S/C19H27N3O4/c1-3-13(2)16(12-23)20-17(24)11-15-18(25)22(19(26)21-15)10-9-14-7-5-4-6-8-14/h4-8,13,15-16,23H,3,9-12H2,1-2H3,(H,20,24)(H,21,26). The van der Waals surface area contributed by atoms with Crippen molar-refractivity contribution in [2.24, 2.45) is 5.92 Å². The van der Waals surface area contributed by atoms with E-state index in [1.165, 1.54) is 0 Å². The predicted octanol–water partition coefficient (Wildman–Crippen LogP) is 1.06. The molecule has 1 aromatic rings. The van der Waals surface area contributed by atoms with Gasteiger partial charge in [0.1, 0.15) is 6.04 Å². The summed E-state index contributed by atoms with van der Waals surface area (Å²) in [6.45, 7) is 4.04. The van der Waals surface area contributed by atoms with Crippen LogP contribution in [0.4, 0.5) is 4.79 Å². The van der Waals surface area contributed by atoms with Crippen LogP contribution in [-0.4, -0.2) is 53.1 Å². The van der Waals surface area contributed by atoms with Gasteiger partial charge in [0.2, 0.25) is 5.91 Å². The predicted molar refractivity (Wildman–Crippen MR) is 97.3 cm³/mol. The first-order valence-corrected chi connectivity index (χ1v) is 9.02. The lowest BCUT2D eigenvalue weighted by molar-refractivity contribution is -0.131. The summed E-state index contributed by atoms with van der Waals surface area (Å²) in [5, 5.41) is 14.7. The smallest absolute Gasteiger partial charge is 0.324 e. The summed E-state index contributed by atoms with van der Waals surface area (Å²) in [4.78, 5) is 37.8. The molecule has 1 heterocycles. The average Bonchev–Trinajstić information content (AvgIpc) is 2.91. The molecule has 1 aliphatic heterocycles. The minimum atomic E-state index is -0.852. The highest BCUT2D eigenvalue weighted by Gasteiger charge is 2.38. The highest BCUT2D eigenvalue weighted by Crippen LogP contribution is 2.12. The molecule has 0 radical (unpaired) electrons. The minimum absolute atomic E-state index is 0.125. The summed E-state index contributed by atoms with van der Waals surface area (Å²) < 4.78 is 0. The molecule has 7 heteroatoms. The maximum atomic E-state index is 12.4. The van der Waals surface area contributed by atoms with Gasteiger partial charge in [-0.2, -0.15) is 0 Å². The van der Waals surface area contributed by atoms with Gasteiger partial charge in [-0.3, -0.25) is 14.5 Å². The molecule has 2 rings (SSSR count). The van der Waals surface area contributed by atoms with Gasteiger partial charge in [0.15, 0.2) is 0 Å². The molecule has 7 nitrogen and oxygen atoms in total. The second-order valence-electron chi connectivity index (χ2n) is 6.67. The van der Waals surface area contributed by atoms with Crippen molar-refractivity contribution in [2.45, 2.75) is 45.2 Å². The fraction of sp³-hybridized carbons (Fsp3) is 0.526. The maximum Gasteiger partial charge on any atom is 0.324 e. The van der Waals surface area contributed by atoms with E-state index < -0.39 is 12.1 Å². The Bertz CT molecular complexity index is 635. The Morgan fingerprint density at radius 3 is 2.62 bits per heavy atom. The normalized spacial score (nSPS) is 19.2. The first-order valence-electron chi connectivity index (χ1n) is 9.02. The zero-order valence-corrected chi connectivity index (χ0v) is 15.3. The van der Waals surface area contributed by atoms with Crippen LogP contribution < -0.4 is 10.6 Å². The molecule has 4 amide bonds. The third kappa shape index (κ3) is 5.05. The molecule has 1 fully saturated rings. The number of hydrogen-bond donors (Lipinski definition) is 3. The van der Waals surface area contributed by atoms with Crippen LogP contribution >= 0.6 is 0 Å². The fourth-order valence-electron chi connectivity index (χ4n) is 2.92. The lowest BCUT2D eigenvalue weighted by atomic mass is 9.99. The monoisotopic (exact) mass is 361 g/mol. The van der Waals surface area contributed by atoms with Crippen LogP contribution in [0.15, 0.2) is 30.3 Å². The number of benzene rings is 1. The molecule has 3 N–H and O–H groups in total. The Balaban J connectivity index is 1.88. The van der Waals surface area contributed by atoms with Crippen LogP contribution in [0.5, 0.6) is 0 Å². The fourth-order valence-corrected chi connectivity index (χ4v) is 2.92. The molecule has 26 heavy (non-hydrogen) atoms. The van der Waals surface area contributed by atoms with E-state index in [1.54, 1.807) is 0 Å². The van der Waals surface area contributed by atoms with Gasteiger partial charge >= 0.3 is 6.03 Å². The highest BCUT2D eigenvalue weighted by atomic mass is 16.3. The Kier molecular flexibility index (Phi) is 7.15. The van der Waals surface area contributed by atoms with Crippen LogP contribution in [0.3, 0.4) is 0 Å². The third-order valence-electron chi connectivity index (χ3n) is 4.84. The lowest BCUT2D eigenvalue weighted by Crippen LogP contribution is -2.45. The lowest BCUT2D eigenvalue weighted by Gasteiger charge is -2.22. The number of nitrogens with zero attached hydrogens (tertiary/aromatic N) is 1. The topological polar surface area (TPSA) is 98.7 Å².